The van der Waals surface area contributed by atoms with Gasteiger partial charge in [0.2, 0.25) is 0 Å². The maximum atomic E-state index is 13.0. The summed E-state index contributed by atoms with van der Waals surface area (Å²) in [5.74, 6) is -0.576. The van der Waals surface area contributed by atoms with Crippen molar-refractivity contribution in [2.45, 2.75) is 387 Å². The molecule has 0 bridgehead atoms. The van der Waals surface area contributed by atoms with Crippen molar-refractivity contribution in [3.63, 3.8) is 0 Å². The van der Waals surface area contributed by atoms with Crippen molar-refractivity contribution in [3.8, 4) is 0 Å². The summed E-state index contributed by atoms with van der Waals surface area (Å²) in [5.41, 5.74) is 0. The highest BCUT2D eigenvalue weighted by Gasteiger charge is 2.30. The molecule has 0 heterocycles. The molecule has 0 fully saturated rings. The molecular formula is C72H140O17P2. The monoisotopic (exact) mass is 1340 g/mol. The number of phosphoric acid groups is 2. The molecule has 0 saturated heterocycles. The number of aliphatic hydroxyl groups excluding tert-OH is 1. The van der Waals surface area contributed by atoms with Gasteiger partial charge < -0.3 is 33.8 Å². The Balaban J connectivity index is 5.24. The van der Waals surface area contributed by atoms with Gasteiger partial charge in [-0.2, -0.15) is 0 Å². The van der Waals surface area contributed by atoms with Gasteiger partial charge in [-0.3, -0.25) is 37.3 Å². The normalized spacial score (nSPS) is 14.4. The Hall–Kier alpha value is -1.94. The molecule has 0 aliphatic carbocycles. The van der Waals surface area contributed by atoms with Crippen LogP contribution in [-0.2, 0) is 65.4 Å². The molecule has 0 radical (unpaired) electrons. The predicted molar refractivity (Wildman–Crippen MR) is 368 cm³/mol. The van der Waals surface area contributed by atoms with E-state index in [9.17, 15) is 43.2 Å². The van der Waals surface area contributed by atoms with E-state index in [0.29, 0.717) is 25.7 Å². The van der Waals surface area contributed by atoms with Gasteiger partial charge in [-0.1, -0.05) is 318 Å². The van der Waals surface area contributed by atoms with E-state index in [-0.39, 0.29) is 25.7 Å². The van der Waals surface area contributed by atoms with Crippen LogP contribution in [-0.4, -0.2) is 96.7 Å². The second kappa shape index (κ2) is 64.1. The van der Waals surface area contributed by atoms with Crippen LogP contribution >= 0.6 is 15.6 Å². The predicted octanol–water partition coefficient (Wildman–Crippen LogP) is 20.8. The van der Waals surface area contributed by atoms with Gasteiger partial charge in [-0.05, 0) is 37.5 Å². The summed E-state index contributed by atoms with van der Waals surface area (Å²) >= 11 is 0. The second-order valence-electron chi connectivity index (χ2n) is 26.7. The molecule has 0 saturated carbocycles. The van der Waals surface area contributed by atoms with Gasteiger partial charge in [-0.25, -0.2) is 9.13 Å². The number of carbonyl (C=O) groups excluding carboxylic acids is 4. The highest BCUT2D eigenvalue weighted by molar-refractivity contribution is 7.47. The lowest BCUT2D eigenvalue weighted by atomic mass is 9.99. The quantitative estimate of drug-likeness (QED) is 0.0222. The van der Waals surface area contributed by atoms with Crippen LogP contribution in [0.15, 0.2) is 0 Å². The van der Waals surface area contributed by atoms with Crippen molar-refractivity contribution < 1.29 is 80.2 Å². The molecule has 6 atom stereocenters. The molecule has 3 N–H and O–H groups in total. The molecule has 0 spiro atoms. The molecular weight excluding hydrogens is 1200 g/mol. The first-order chi connectivity index (χ1) is 43.9. The zero-order valence-corrected chi connectivity index (χ0v) is 60.9. The number of rotatable bonds is 71. The van der Waals surface area contributed by atoms with Crippen LogP contribution in [0.4, 0.5) is 0 Å². The molecule has 3 unspecified atom stereocenters. The number of hydrogen-bond donors (Lipinski definition) is 3. The fraction of sp³-hybridized carbons (Fsp3) is 0.944. The molecule has 0 aromatic rings. The average Bonchev–Trinajstić information content (AvgIpc) is 3.45. The van der Waals surface area contributed by atoms with Gasteiger partial charge in [0.25, 0.3) is 0 Å². The zero-order chi connectivity index (χ0) is 67.2. The molecule has 0 aromatic heterocycles. The topological polar surface area (TPSA) is 237 Å². The minimum absolute atomic E-state index is 0.105. The Morgan fingerprint density at radius 2 is 0.560 bits per heavy atom. The van der Waals surface area contributed by atoms with Gasteiger partial charge in [0, 0.05) is 25.7 Å². The second-order valence-corrected chi connectivity index (χ2v) is 29.6. The van der Waals surface area contributed by atoms with E-state index in [0.717, 1.165) is 102 Å². The summed E-state index contributed by atoms with van der Waals surface area (Å²) in [7, 11) is -9.90. The minimum atomic E-state index is -4.95. The van der Waals surface area contributed by atoms with E-state index in [1.165, 1.54) is 186 Å². The molecule has 19 heteroatoms. The summed E-state index contributed by atoms with van der Waals surface area (Å²) in [5, 5.41) is 10.6. The summed E-state index contributed by atoms with van der Waals surface area (Å²) in [6.45, 7) is 9.56. The van der Waals surface area contributed by atoms with Crippen LogP contribution in [0, 0.1) is 11.8 Å². The van der Waals surface area contributed by atoms with Crippen molar-refractivity contribution >= 4 is 39.5 Å². The summed E-state index contributed by atoms with van der Waals surface area (Å²) in [6, 6.07) is 0. The van der Waals surface area contributed by atoms with Crippen LogP contribution in [0.5, 0.6) is 0 Å². The number of aliphatic hydroxyl groups is 1. The molecule has 17 nitrogen and oxygen atoms in total. The van der Waals surface area contributed by atoms with E-state index in [4.69, 9.17) is 37.0 Å². The van der Waals surface area contributed by atoms with E-state index in [1.807, 2.05) is 0 Å². The lowest BCUT2D eigenvalue weighted by molar-refractivity contribution is -0.161. The zero-order valence-electron chi connectivity index (χ0n) is 59.1. The van der Waals surface area contributed by atoms with Crippen LogP contribution in [0.3, 0.4) is 0 Å². The molecule has 0 amide bonds. The van der Waals surface area contributed by atoms with Gasteiger partial charge >= 0.3 is 39.5 Å². The third kappa shape index (κ3) is 65.1. The van der Waals surface area contributed by atoms with Gasteiger partial charge in [-0.15, -0.1) is 0 Å². The number of unbranched alkanes of at least 4 members (excludes halogenated alkanes) is 40. The first kappa shape index (κ1) is 89.1. The van der Waals surface area contributed by atoms with E-state index in [2.05, 4.69) is 41.5 Å². The maximum Gasteiger partial charge on any atom is 0.472 e. The van der Waals surface area contributed by atoms with E-state index in [1.54, 1.807) is 0 Å². The Labute approximate surface area is 556 Å². The molecule has 540 valence electrons. The Morgan fingerprint density at radius 3 is 0.835 bits per heavy atom. The Morgan fingerprint density at radius 1 is 0.319 bits per heavy atom. The summed E-state index contributed by atoms with van der Waals surface area (Å²) in [4.78, 5) is 72.6. The number of esters is 4. The largest absolute Gasteiger partial charge is 0.472 e. The van der Waals surface area contributed by atoms with E-state index < -0.39 is 97.5 Å². The highest BCUT2D eigenvalue weighted by Crippen LogP contribution is 2.45. The third-order valence-electron chi connectivity index (χ3n) is 17.1. The lowest BCUT2D eigenvalue weighted by Crippen LogP contribution is -2.30. The number of phosphoric ester groups is 2. The molecule has 0 aliphatic rings. The van der Waals surface area contributed by atoms with Gasteiger partial charge in [0.05, 0.1) is 26.4 Å². The minimum Gasteiger partial charge on any atom is -0.462 e. The Kier molecular flexibility index (Phi) is 62.7. The fourth-order valence-electron chi connectivity index (χ4n) is 10.9. The molecule has 0 rings (SSSR count). The summed E-state index contributed by atoms with van der Waals surface area (Å²) in [6.07, 6.45) is 49.8. The van der Waals surface area contributed by atoms with Crippen molar-refractivity contribution in [1.29, 1.82) is 0 Å². The molecule has 0 aromatic carbocycles. The van der Waals surface area contributed by atoms with Crippen LogP contribution < -0.4 is 0 Å². The van der Waals surface area contributed by atoms with Crippen molar-refractivity contribution in [1.82, 2.24) is 0 Å². The Bertz CT molecular complexity index is 1770. The van der Waals surface area contributed by atoms with Crippen molar-refractivity contribution in [2.24, 2.45) is 11.8 Å². The number of hydrogen-bond acceptors (Lipinski definition) is 15. The smallest absolute Gasteiger partial charge is 0.462 e. The first-order valence-corrected chi connectivity index (χ1v) is 40.5. The SMILES string of the molecule is CCCCCCCCCCCCCCCCCC(=O)OC[C@H](COP(=O)(O)OC[C@@H](O)COP(=O)(O)OC[C@@H](COC(=O)CCCCCCCCCCC)OC(=O)CCCCCCCCCCC(C)CC)OC(=O)CCCCCCCCCCCCCCC(C)C. The number of carbonyl (C=O) groups is 4. The van der Waals surface area contributed by atoms with Crippen molar-refractivity contribution in [2.75, 3.05) is 39.6 Å². The maximum absolute atomic E-state index is 13.0. The molecule has 0 aliphatic heterocycles. The van der Waals surface area contributed by atoms with Crippen LogP contribution in [0.25, 0.3) is 0 Å². The summed E-state index contributed by atoms with van der Waals surface area (Å²) < 4.78 is 68.3. The fourth-order valence-corrected chi connectivity index (χ4v) is 12.5. The van der Waals surface area contributed by atoms with E-state index >= 15 is 0 Å². The number of ether oxygens (including phenoxy) is 4. The highest BCUT2D eigenvalue weighted by atomic mass is 31.2. The third-order valence-corrected chi connectivity index (χ3v) is 19.0. The van der Waals surface area contributed by atoms with Crippen LogP contribution in [0.1, 0.15) is 369 Å². The molecule has 91 heavy (non-hydrogen) atoms. The van der Waals surface area contributed by atoms with Gasteiger partial charge in [0.1, 0.15) is 19.3 Å². The lowest BCUT2D eigenvalue weighted by Gasteiger charge is -2.21. The van der Waals surface area contributed by atoms with Gasteiger partial charge in [0.15, 0.2) is 12.2 Å². The van der Waals surface area contributed by atoms with Crippen molar-refractivity contribution in [3.05, 3.63) is 0 Å². The first-order valence-electron chi connectivity index (χ1n) is 37.5. The average molecular weight is 1340 g/mol. The standard InChI is InChI=1S/C72H140O17P2/c1-7-10-12-14-16-18-19-20-21-22-26-30-37-43-49-55-70(75)83-61-67(88-71(76)56-50-44-38-31-27-24-23-25-29-34-40-46-52-64(4)5)62-86-90(78,79)84-58-66(73)59-85-91(80,81)87-63-68(60-82-69(74)54-48-42-36-28-17-15-13-11-8-2)89-72(77)57-51-45-39-33-32-35-41-47-53-65(6)9-3/h64-68,73H,7-63H2,1-6H3,(H,78,79)(H,80,81)/t65?,66-,67-,68-/m1/s1. The van der Waals surface area contributed by atoms with Crippen LogP contribution in [0.2, 0.25) is 0 Å².